The molecular weight excluding hydrogens is 456 g/mol. The first kappa shape index (κ1) is 25.1. The summed E-state index contributed by atoms with van der Waals surface area (Å²) in [4.78, 5) is 17.4. The smallest absolute Gasteiger partial charge is 0.221 e. The third kappa shape index (κ3) is 7.02. The lowest BCUT2D eigenvalue weighted by molar-refractivity contribution is -0.121. The summed E-state index contributed by atoms with van der Waals surface area (Å²) in [5.41, 5.74) is 4.82. The van der Waals surface area contributed by atoms with E-state index < -0.39 is 0 Å². The molecule has 0 unspecified atom stereocenters. The summed E-state index contributed by atoms with van der Waals surface area (Å²) in [5, 5.41) is 10.3. The predicted octanol–water partition coefficient (Wildman–Crippen LogP) is 4.33. The first-order valence-corrected chi connectivity index (χ1v) is 12.9. The molecule has 4 rings (SSSR count). The number of nitrogens with zero attached hydrogens (tertiary/aromatic N) is 4. The summed E-state index contributed by atoms with van der Waals surface area (Å²) in [6.45, 7) is 10.8. The molecule has 186 valence electrons. The van der Waals surface area contributed by atoms with Crippen LogP contribution in [0.1, 0.15) is 30.4 Å². The molecular formula is C27H36N6OS. The van der Waals surface area contributed by atoms with Crippen molar-refractivity contribution in [1.82, 2.24) is 25.0 Å². The van der Waals surface area contributed by atoms with Crippen LogP contribution in [0.2, 0.25) is 0 Å². The highest BCUT2D eigenvalue weighted by molar-refractivity contribution is 7.71. The van der Waals surface area contributed by atoms with Crippen molar-refractivity contribution < 1.29 is 4.79 Å². The number of piperazine rings is 1. The van der Waals surface area contributed by atoms with Gasteiger partial charge in [-0.05, 0) is 63.1 Å². The summed E-state index contributed by atoms with van der Waals surface area (Å²) in [5.74, 6) is 0.819. The van der Waals surface area contributed by atoms with Gasteiger partial charge in [-0.15, -0.1) is 0 Å². The number of aromatic amines is 1. The summed E-state index contributed by atoms with van der Waals surface area (Å²) in [6, 6.07) is 16.9. The van der Waals surface area contributed by atoms with Crippen molar-refractivity contribution >= 4 is 23.8 Å². The predicted molar refractivity (Wildman–Crippen MR) is 144 cm³/mol. The fraction of sp³-hybridized carbons (Fsp3) is 0.444. The molecule has 0 spiro atoms. The van der Waals surface area contributed by atoms with E-state index in [1.165, 1.54) is 16.8 Å². The number of hydrogen-bond acceptors (Lipinski definition) is 5. The van der Waals surface area contributed by atoms with E-state index in [1.54, 1.807) is 0 Å². The van der Waals surface area contributed by atoms with Crippen LogP contribution in [0, 0.1) is 18.6 Å². The molecule has 2 aromatic carbocycles. The number of anilines is 1. The molecule has 1 amide bonds. The maximum atomic E-state index is 12.4. The Labute approximate surface area is 213 Å². The van der Waals surface area contributed by atoms with E-state index in [2.05, 4.69) is 63.4 Å². The zero-order valence-electron chi connectivity index (χ0n) is 20.8. The molecule has 1 aromatic heterocycles. The van der Waals surface area contributed by atoms with E-state index in [4.69, 9.17) is 12.2 Å². The molecule has 35 heavy (non-hydrogen) atoms. The molecule has 0 radical (unpaired) electrons. The van der Waals surface area contributed by atoms with Crippen LogP contribution in [0.25, 0.3) is 11.4 Å². The number of carbonyl (C=O) groups excluding carboxylic acids is 1. The monoisotopic (exact) mass is 492 g/mol. The van der Waals surface area contributed by atoms with Crippen LogP contribution >= 0.6 is 12.2 Å². The second-order valence-corrected chi connectivity index (χ2v) is 9.73. The molecule has 3 aromatic rings. The van der Waals surface area contributed by atoms with Crippen molar-refractivity contribution in [2.45, 2.75) is 39.7 Å². The molecule has 1 fully saturated rings. The van der Waals surface area contributed by atoms with Gasteiger partial charge in [-0.3, -0.25) is 19.4 Å². The highest BCUT2D eigenvalue weighted by Crippen LogP contribution is 2.19. The normalized spacial score (nSPS) is 14.3. The molecule has 0 aliphatic carbocycles. The fourth-order valence-corrected chi connectivity index (χ4v) is 4.72. The number of hydrogen-bond donors (Lipinski definition) is 2. The van der Waals surface area contributed by atoms with Gasteiger partial charge >= 0.3 is 0 Å². The number of rotatable bonds is 10. The van der Waals surface area contributed by atoms with Crippen molar-refractivity contribution in [3.63, 3.8) is 0 Å². The van der Waals surface area contributed by atoms with Gasteiger partial charge in [-0.25, -0.2) is 0 Å². The van der Waals surface area contributed by atoms with Crippen LogP contribution in [0.3, 0.4) is 0 Å². The number of unbranched alkanes of at least 4 members (excludes halogenated alkanes) is 1. The van der Waals surface area contributed by atoms with Gasteiger partial charge in [-0.1, -0.05) is 42.0 Å². The molecule has 1 saturated heterocycles. The molecule has 0 bridgehead atoms. The number of aryl methyl sites for hydroxylation is 2. The van der Waals surface area contributed by atoms with Gasteiger partial charge in [0.05, 0.1) is 0 Å². The van der Waals surface area contributed by atoms with Crippen molar-refractivity contribution in [3.8, 4) is 11.4 Å². The highest BCUT2D eigenvalue weighted by Gasteiger charge is 2.17. The van der Waals surface area contributed by atoms with Crippen LogP contribution in [0.5, 0.6) is 0 Å². The molecule has 2 N–H and O–H groups in total. The minimum atomic E-state index is 0.0507. The second-order valence-electron chi connectivity index (χ2n) is 9.34. The number of H-pyrrole nitrogens is 1. The maximum absolute atomic E-state index is 12.4. The Balaban J connectivity index is 1.12. The molecule has 1 aliphatic rings. The molecule has 1 aliphatic heterocycles. The van der Waals surface area contributed by atoms with E-state index in [0.717, 1.165) is 57.0 Å². The summed E-state index contributed by atoms with van der Waals surface area (Å²) < 4.78 is 2.44. The molecule has 8 heteroatoms. The zero-order chi connectivity index (χ0) is 24.6. The molecule has 7 nitrogen and oxygen atoms in total. The standard InChI is InChI=1S/C27H36N6OS/c1-21-8-10-23(11-9-21)26-29-30-27(35)33(26)15-12-25(34)28-13-3-4-14-31-16-18-32(19-17-31)24-7-5-6-22(2)20-24/h5-11,20H,3-4,12-19H2,1-2H3,(H,28,34)(H,30,35). The van der Waals surface area contributed by atoms with Crippen LogP contribution in [0.4, 0.5) is 5.69 Å². The lowest BCUT2D eigenvalue weighted by Crippen LogP contribution is -2.46. The minimum absolute atomic E-state index is 0.0507. The number of benzene rings is 2. The Morgan fingerprint density at radius 3 is 2.51 bits per heavy atom. The van der Waals surface area contributed by atoms with Gasteiger partial charge in [0.2, 0.25) is 5.91 Å². The van der Waals surface area contributed by atoms with Crippen LogP contribution in [-0.4, -0.2) is 64.8 Å². The van der Waals surface area contributed by atoms with E-state index in [-0.39, 0.29) is 5.91 Å². The Kier molecular flexibility index (Phi) is 8.71. The van der Waals surface area contributed by atoms with E-state index in [1.807, 2.05) is 28.8 Å². The maximum Gasteiger partial charge on any atom is 0.221 e. The van der Waals surface area contributed by atoms with Gasteiger partial charge < -0.3 is 10.2 Å². The van der Waals surface area contributed by atoms with E-state index >= 15 is 0 Å². The summed E-state index contributed by atoms with van der Waals surface area (Å²) in [6.07, 6.45) is 2.46. The van der Waals surface area contributed by atoms with Crippen LogP contribution < -0.4 is 10.2 Å². The van der Waals surface area contributed by atoms with Crippen molar-refractivity contribution in [1.29, 1.82) is 0 Å². The van der Waals surface area contributed by atoms with Gasteiger partial charge in [0, 0.05) is 56.9 Å². The van der Waals surface area contributed by atoms with E-state index in [0.29, 0.717) is 24.3 Å². The lowest BCUT2D eigenvalue weighted by atomic mass is 10.1. The molecule has 2 heterocycles. The van der Waals surface area contributed by atoms with Crippen LogP contribution in [0.15, 0.2) is 48.5 Å². The van der Waals surface area contributed by atoms with E-state index in [9.17, 15) is 4.79 Å². The van der Waals surface area contributed by atoms with Gasteiger partial charge in [0.15, 0.2) is 10.6 Å². The van der Waals surface area contributed by atoms with Crippen LogP contribution in [-0.2, 0) is 11.3 Å². The van der Waals surface area contributed by atoms with Gasteiger partial charge in [-0.2, -0.15) is 5.10 Å². The number of amides is 1. The zero-order valence-corrected chi connectivity index (χ0v) is 21.6. The third-order valence-corrected chi connectivity index (χ3v) is 6.90. The lowest BCUT2D eigenvalue weighted by Gasteiger charge is -2.36. The SMILES string of the molecule is Cc1ccc(-c2n[nH]c(=S)n2CCC(=O)NCCCCN2CCN(c3cccc(C)c3)CC2)cc1. The third-order valence-electron chi connectivity index (χ3n) is 6.59. The van der Waals surface area contributed by atoms with Crippen molar-refractivity contribution in [2.24, 2.45) is 0 Å². The van der Waals surface area contributed by atoms with Gasteiger partial charge in [0.25, 0.3) is 0 Å². The molecule has 0 saturated carbocycles. The largest absolute Gasteiger partial charge is 0.369 e. The highest BCUT2D eigenvalue weighted by atomic mass is 32.1. The van der Waals surface area contributed by atoms with Gasteiger partial charge in [0.1, 0.15) is 0 Å². The quantitative estimate of drug-likeness (QED) is 0.326. The molecule has 0 atom stereocenters. The average Bonchev–Trinajstić information content (AvgIpc) is 3.23. The topological polar surface area (TPSA) is 69.2 Å². The Morgan fingerprint density at radius 2 is 1.77 bits per heavy atom. The Bertz CT molecular complexity index is 1160. The minimum Gasteiger partial charge on any atom is -0.369 e. The second kappa shape index (κ2) is 12.1. The fourth-order valence-electron chi connectivity index (χ4n) is 4.49. The van der Waals surface area contributed by atoms with Crippen molar-refractivity contribution in [2.75, 3.05) is 44.2 Å². The summed E-state index contributed by atoms with van der Waals surface area (Å²) in [7, 11) is 0. The Hall–Kier alpha value is -2.97. The first-order chi connectivity index (χ1) is 17.0. The number of aromatic nitrogens is 3. The summed E-state index contributed by atoms with van der Waals surface area (Å²) >= 11 is 5.38. The average molecular weight is 493 g/mol. The Morgan fingerprint density at radius 1 is 1.00 bits per heavy atom. The first-order valence-electron chi connectivity index (χ1n) is 12.5. The van der Waals surface area contributed by atoms with Crippen molar-refractivity contribution in [3.05, 3.63) is 64.4 Å². The number of carbonyl (C=O) groups is 1. The number of nitrogens with one attached hydrogen (secondary N) is 2.